The Bertz CT molecular complexity index is 477. The van der Waals surface area contributed by atoms with Crippen LogP contribution in [-0.2, 0) is 9.53 Å². The number of nitrogens with zero attached hydrogens (tertiary/aromatic N) is 3. The molecule has 1 heterocycles. The molecule has 1 fully saturated rings. The van der Waals surface area contributed by atoms with Gasteiger partial charge in [-0.05, 0) is 31.9 Å². The molecule has 2 rings (SSSR count). The molecule has 0 aromatic carbocycles. The average Bonchev–Trinajstić information content (AvgIpc) is 3.20. The summed E-state index contributed by atoms with van der Waals surface area (Å²) in [6.07, 6.45) is 3.69. The number of hydrogen-bond donors (Lipinski definition) is 0. The first-order valence-electron chi connectivity index (χ1n) is 6.03. The van der Waals surface area contributed by atoms with E-state index in [1.807, 2.05) is 4.90 Å². The summed E-state index contributed by atoms with van der Waals surface area (Å²) in [5, 5.41) is 9.07. The van der Waals surface area contributed by atoms with Gasteiger partial charge in [0.1, 0.15) is 18.4 Å². The monoisotopic (exact) mass is 245 g/mol. The summed E-state index contributed by atoms with van der Waals surface area (Å²) in [6, 6.07) is 5.84. The van der Waals surface area contributed by atoms with Crippen LogP contribution in [-0.4, -0.2) is 30.1 Å². The minimum Gasteiger partial charge on any atom is -0.465 e. The molecule has 1 saturated carbocycles. The highest BCUT2D eigenvalue weighted by atomic mass is 16.5. The lowest BCUT2D eigenvalue weighted by molar-refractivity contribution is -0.141. The Labute approximate surface area is 106 Å². The lowest BCUT2D eigenvalue weighted by atomic mass is 10.2. The molecule has 1 aromatic heterocycles. The third kappa shape index (κ3) is 2.77. The topological polar surface area (TPSA) is 66.2 Å². The molecule has 0 amide bonds. The van der Waals surface area contributed by atoms with Crippen LogP contribution in [0.3, 0.4) is 0 Å². The van der Waals surface area contributed by atoms with Gasteiger partial charge in [-0.15, -0.1) is 0 Å². The van der Waals surface area contributed by atoms with Crippen molar-refractivity contribution in [3.63, 3.8) is 0 Å². The highest BCUT2D eigenvalue weighted by Crippen LogP contribution is 2.31. The van der Waals surface area contributed by atoms with Crippen molar-refractivity contribution in [3.8, 4) is 6.07 Å². The van der Waals surface area contributed by atoms with Gasteiger partial charge in [0.2, 0.25) is 0 Å². The maximum atomic E-state index is 11.6. The molecule has 0 N–H and O–H groups in total. The standard InChI is InChI=1S/C13H15N3O2/c1-2-18-12(17)9-16(11-5-6-11)13-10(8-14)4-3-7-15-13/h3-4,7,11H,2,5-6,9H2,1H3. The van der Waals surface area contributed by atoms with Crippen molar-refractivity contribution in [3.05, 3.63) is 23.9 Å². The van der Waals surface area contributed by atoms with Crippen LogP contribution < -0.4 is 4.90 Å². The van der Waals surface area contributed by atoms with E-state index >= 15 is 0 Å². The molecule has 18 heavy (non-hydrogen) atoms. The van der Waals surface area contributed by atoms with E-state index in [9.17, 15) is 4.79 Å². The first kappa shape index (κ1) is 12.4. The van der Waals surface area contributed by atoms with E-state index in [0.717, 1.165) is 12.8 Å². The Kier molecular flexibility index (Phi) is 3.78. The molecule has 1 aromatic rings. The Morgan fingerprint density at radius 1 is 1.67 bits per heavy atom. The van der Waals surface area contributed by atoms with Gasteiger partial charge in [0, 0.05) is 12.2 Å². The summed E-state index contributed by atoms with van der Waals surface area (Å²) in [4.78, 5) is 17.7. The normalized spacial score (nSPS) is 13.8. The van der Waals surface area contributed by atoms with Crippen molar-refractivity contribution in [2.75, 3.05) is 18.1 Å². The van der Waals surface area contributed by atoms with Crippen molar-refractivity contribution in [2.24, 2.45) is 0 Å². The first-order valence-corrected chi connectivity index (χ1v) is 6.03. The Morgan fingerprint density at radius 2 is 2.44 bits per heavy atom. The van der Waals surface area contributed by atoms with Gasteiger partial charge in [-0.1, -0.05) is 0 Å². The third-order valence-corrected chi connectivity index (χ3v) is 2.77. The maximum absolute atomic E-state index is 11.6. The number of nitriles is 1. The maximum Gasteiger partial charge on any atom is 0.325 e. The van der Waals surface area contributed by atoms with E-state index in [1.165, 1.54) is 0 Å². The summed E-state index contributed by atoms with van der Waals surface area (Å²) in [7, 11) is 0. The number of esters is 1. The number of carbonyl (C=O) groups is 1. The second-order valence-corrected chi connectivity index (χ2v) is 4.15. The minimum absolute atomic E-state index is 0.157. The smallest absolute Gasteiger partial charge is 0.325 e. The van der Waals surface area contributed by atoms with Crippen LogP contribution in [0.5, 0.6) is 0 Å². The van der Waals surface area contributed by atoms with Crippen molar-refractivity contribution in [1.82, 2.24) is 4.98 Å². The van der Waals surface area contributed by atoms with Crippen LogP contribution in [0.25, 0.3) is 0 Å². The van der Waals surface area contributed by atoms with Gasteiger partial charge in [0.05, 0.1) is 12.2 Å². The second-order valence-electron chi connectivity index (χ2n) is 4.15. The lowest BCUT2D eigenvalue weighted by Gasteiger charge is -2.22. The van der Waals surface area contributed by atoms with Crippen LogP contribution in [0.1, 0.15) is 25.3 Å². The van der Waals surface area contributed by atoms with Gasteiger partial charge < -0.3 is 9.64 Å². The summed E-state index contributed by atoms with van der Waals surface area (Å²) >= 11 is 0. The fourth-order valence-corrected chi connectivity index (χ4v) is 1.82. The van der Waals surface area contributed by atoms with Gasteiger partial charge in [-0.25, -0.2) is 4.98 Å². The molecule has 5 heteroatoms. The zero-order chi connectivity index (χ0) is 13.0. The molecule has 0 bridgehead atoms. The van der Waals surface area contributed by atoms with Crippen molar-refractivity contribution < 1.29 is 9.53 Å². The molecule has 0 spiro atoms. The molecule has 0 atom stereocenters. The quantitative estimate of drug-likeness (QED) is 0.735. The molecule has 1 aliphatic carbocycles. The number of pyridine rings is 1. The molecule has 0 saturated heterocycles. The predicted octanol–water partition coefficient (Wildman–Crippen LogP) is 1.49. The number of carbonyl (C=O) groups excluding carboxylic acids is 1. The zero-order valence-electron chi connectivity index (χ0n) is 10.3. The second kappa shape index (κ2) is 5.50. The number of anilines is 1. The molecule has 0 unspecified atom stereocenters. The summed E-state index contributed by atoms with van der Waals surface area (Å²) < 4.78 is 4.95. The van der Waals surface area contributed by atoms with Crippen LogP contribution in [0.4, 0.5) is 5.82 Å². The first-order chi connectivity index (χ1) is 8.76. The Morgan fingerprint density at radius 3 is 3.06 bits per heavy atom. The van der Waals surface area contributed by atoms with Gasteiger partial charge >= 0.3 is 5.97 Å². The third-order valence-electron chi connectivity index (χ3n) is 2.77. The number of rotatable bonds is 5. The largest absolute Gasteiger partial charge is 0.465 e. The van der Waals surface area contributed by atoms with Crippen molar-refractivity contribution >= 4 is 11.8 Å². The van der Waals surface area contributed by atoms with E-state index < -0.39 is 0 Å². The van der Waals surface area contributed by atoms with Crippen LogP contribution in [0.15, 0.2) is 18.3 Å². The van der Waals surface area contributed by atoms with Crippen LogP contribution in [0, 0.1) is 11.3 Å². The molecular weight excluding hydrogens is 230 g/mol. The fourth-order valence-electron chi connectivity index (χ4n) is 1.82. The van der Waals surface area contributed by atoms with Gasteiger partial charge in [0.15, 0.2) is 0 Å². The van der Waals surface area contributed by atoms with E-state index in [2.05, 4.69) is 11.1 Å². The molecule has 5 nitrogen and oxygen atoms in total. The van der Waals surface area contributed by atoms with E-state index in [-0.39, 0.29) is 12.5 Å². The Hall–Kier alpha value is -2.09. The molecular formula is C13H15N3O2. The zero-order valence-corrected chi connectivity index (χ0v) is 10.3. The predicted molar refractivity (Wildman–Crippen MR) is 66.0 cm³/mol. The molecule has 94 valence electrons. The minimum atomic E-state index is -0.279. The van der Waals surface area contributed by atoms with Gasteiger partial charge in [-0.3, -0.25) is 4.79 Å². The number of hydrogen-bond acceptors (Lipinski definition) is 5. The summed E-state index contributed by atoms with van der Waals surface area (Å²) in [6.45, 7) is 2.30. The van der Waals surface area contributed by atoms with Crippen LogP contribution >= 0.6 is 0 Å². The fraction of sp³-hybridized carbons (Fsp3) is 0.462. The summed E-state index contributed by atoms with van der Waals surface area (Å²) in [5.41, 5.74) is 0.494. The number of ether oxygens (including phenoxy) is 1. The van der Waals surface area contributed by atoms with Crippen molar-refractivity contribution in [2.45, 2.75) is 25.8 Å². The van der Waals surface area contributed by atoms with E-state index in [0.29, 0.717) is 24.0 Å². The highest BCUT2D eigenvalue weighted by Gasteiger charge is 2.32. The molecule has 0 aliphatic heterocycles. The van der Waals surface area contributed by atoms with Crippen LogP contribution in [0.2, 0.25) is 0 Å². The van der Waals surface area contributed by atoms with Gasteiger partial charge in [0.25, 0.3) is 0 Å². The van der Waals surface area contributed by atoms with E-state index in [1.54, 1.807) is 25.3 Å². The molecule has 0 radical (unpaired) electrons. The highest BCUT2D eigenvalue weighted by molar-refractivity contribution is 5.76. The van der Waals surface area contributed by atoms with Crippen molar-refractivity contribution in [1.29, 1.82) is 5.26 Å². The molecule has 1 aliphatic rings. The average molecular weight is 245 g/mol. The van der Waals surface area contributed by atoms with E-state index in [4.69, 9.17) is 10.00 Å². The summed E-state index contributed by atoms with van der Waals surface area (Å²) in [5.74, 6) is 0.300. The lowest BCUT2D eigenvalue weighted by Crippen LogP contribution is -2.34. The SMILES string of the molecule is CCOC(=O)CN(c1ncccc1C#N)C1CC1. The Balaban J connectivity index is 2.19. The number of aromatic nitrogens is 1. The van der Waals surface area contributed by atoms with Gasteiger partial charge in [-0.2, -0.15) is 5.26 Å².